The number of carbonyl (C=O) groups is 2. The highest BCUT2D eigenvalue weighted by atomic mass is 32.2. The van der Waals surface area contributed by atoms with Crippen LogP contribution in [-0.2, 0) is 32.5 Å². The van der Waals surface area contributed by atoms with Crippen molar-refractivity contribution in [2.24, 2.45) is 10.8 Å². The molecule has 2 rings (SSSR count). The molecule has 1 aromatic rings. The van der Waals surface area contributed by atoms with Gasteiger partial charge in [-0.05, 0) is 6.92 Å². The standard InChI is InChI=1S/C25H43N4O9PS2/c1-23(2,3)21(31)40-11-9-35-39(34,36-10-12-41-22(32)24(4,5)6)37-14-17-18(30)25(7,33)20(38-17)29(8)19-16(26)13-27-15-28-19/h13,15,17-18,20,30,33H,9-12,14,26H2,1-8H3/t17?,18-,20?,25-/m1/s1. The summed E-state index contributed by atoms with van der Waals surface area (Å²) in [6.45, 7) is 11.4. The monoisotopic (exact) mass is 638 g/mol. The number of thioether (sulfide) groups is 2. The van der Waals surface area contributed by atoms with Crippen LogP contribution in [0.25, 0.3) is 0 Å². The molecule has 1 fully saturated rings. The molecular formula is C25H43N4O9PS2. The van der Waals surface area contributed by atoms with E-state index in [1.165, 1.54) is 24.3 Å². The van der Waals surface area contributed by atoms with Gasteiger partial charge in [0.15, 0.2) is 22.3 Å². The SMILES string of the molecule is CN(c1ncncc1N)C1OC(COP(=O)(OCCSC(=O)C(C)(C)C)OCCSC(=O)C(C)(C)C)[C@@H](O)[C@@]1(C)O. The number of nitrogen functional groups attached to an aromatic ring is 1. The zero-order chi connectivity index (χ0) is 31.2. The van der Waals surface area contributed by atoms with Crippen molar-refractivity contribution in [2.45, 2.75) is 72.5 Å². The van der Waals surface area contributed by atoms with E-state index in [4.69, 9.17) is 24.0 Å². The summed E-state index contributed by atoms with van der Waals surface area (Å²) in [7, 11) is -2.65. The van der Waals surface area contributed by atoms with E-state index in [0.29, 0.717) is 0 Å². The average Bonchev–Trinajstić information content (AvgIpc) is 3.10. The van der Waals surface area contributed by atoms with Crippen LogP contribution >= 0.6 is 31.3 Å². The Morgan fingerprint density at radius 3 is 2.07 bits per heavy atom. The third kappa shape index (κ3) is 10.1. The number of hydrogen-bond acceptors (Lipinski definition) is 15. The molecule has 1 aromatic heterocycles. The third-order valence-electron chi connectivity index (χ3n) is 5.91. The van der Waals surface area contributed by atoms with Gasteiger partial charge in [0.05, 0.1) is 31.7 Å². The van der Waals surface area contributed by atoms with E-state index in [9.17, 15) is 24.4 Å². The summed E-state index contributed by atoms with van der Waals surface area (Å²) in [5, 5.41) is 21.8. The second-order valence-electron chi connectivity index (χ2n) is 11.8. The van der Waals surface area contributed by atoms with E-state index in [0.717, 1.165) is 23.5 Å². The van der Waals surface area contributed by atoms with Gasteiger partial charge in [0.1, 0.15) is 24.1 Å². The summed E-state index contributed by atoms with van der Waals surface area (Å²) in [5.41, 5.74) is 3.30. The van der Waals surface area contributed by atoms with Crippen molar-refractivity contribution < 1.29 is 42.7 Å². The maximum absolute atomic E-state index is 13.5. The minimum absolute atomic E-state index is 0.0564. The van der Waals surface area contributed by atoms with E-state index in [2.05, 4.69) is 9.97 Å². The summed E-state index contributed by atoms with van der Waals surface area (Å²) in [6, 6.07) is 0. The number of nitrogens with two attached hydrogens (primary N) is 1. The van der Waals surface area contributed by atoms with Crippen molar-refractivity contribution in [3.63, 3.8) is 0 Å². The molecule has 0 bridgehead atoms. The highest BCUT2D eigenvalue weighted by Gasteiger charge is 2.55. The molecule has 4 atom stereocenters. The highest BCUT2D eigenvalue weighted by Crippen LogP contribution is 2.50. The molecule has 0 aromatic carbocycles. The molecular weight excluding hydrogens is 595 g/mol. The van der Waals surface area contributed by atoms with Crippen LogP contribution in [0.3, 0.4) is 0 Å². The average molecular weight is 639 g/mol. The summed E-state index contributed by atoms with van der Waals surface area (Å²) in [4.78, 5) is 33.8. The van der Waals surface area contributed by atoms with Crippen LogP contribution in [0, 0.1) is 10.8 Å². The Morgan fingerprint density at radius 2 is 1.61 bits per heavy atom. The third-order valence-corrected chi connectivity index (χ3v) is 9.87. The molecule has 2 unspecified atom stereocenters. The number of likely N-dealkylation sites (N-methyl/N-ethyl adjacent to an activating group) is 1. The molecule has 0 aliphatic carbocycles. The molecule has 1 aliphatic heterocycles. The lowest BCUT2D eigenvalue weighted by Crippen LogP contribution is -2.52. The van der Waals surface area contributed by atoms with Gasteiger partial charge in [0.25, 0.3) is 0 Å². The summed E-state index contributed by atoms with van der Waals surface area (Å²) < 4.78 is 35.9. The smallest absolute Gasteiger partial charge is 0.394 e. The zero-order valence-electron chi connectivity index (χ0n) is 24.9. The fraction of sp³-hybridized carbons (Fsp3) is 0.760. The van der Waals surface area contributed by atoms with Crippen molar-refractivity contribution in [3.05, 3.63) is 12.5 Å². The topological polar surface area (TPSA) is 184 Å². The second-order valence-corrected chi connectivity index (χ2v) is 15.6. The number of aliphatic hydroxyl groups excluding tert-OH is 1. The van der Waals surface area contributed by atoms with Gasteiger partial charge in [-0.25, -0.2) is 14.5 Å². The number of phosphoric acid groups is 1. The molecule has 1 aliphatic rings. The van der Waals surface area contributed by atoms with Crippen LogP contribution in [-0.4, -0.2) is 92.8 Å². The lowest BCUT2D eigenvalue weighted by molar-refractivity contribution is -0.118. The summed E-state index contributed by atoms with van der Waals surface area (Å²) in [5.74, 6) is 0.685. The molecule has 0 amide bonds. The predicted molar refractivity (Wildman–Crippen MR) is 159 cm³/mol. The van der Waals surface area contributed by atoms with Gasteiger partial charge in [0, 0.05) is 29.4 Å². The van der Waals surface area contributed by atoms with Crippen LogP contribution in [0.15, 0.2) is 12.5 Å². The van der Waals surface area contributed by atoms with Crippen molar-refractivity contribution in [1.29, 1.82) is 0 Å². The molecule has 0 spiro atoms. The molecule has 13 nitrogen and oxygen atoms in total. The van der Waals surface area contributed by atoms with E-state index < -0.39 is 49.3 Å². The van der Waals surface area contributed by atoms with Crippen molar-refractivity contribution >= 4 is 53.1 Å². The first-order chi connectivity index (χ1) is 18.8. The molecule has 16 heteroatoms. The Kier molecular flexibility index (Phi) is 12.7. The number of aliphatic hydroxyl groups is 2. The first kappa shape index (κ1) is 35.9. The van der Waals surface area contributed by atoms with Crippen LogP contribution in [0.2, 0.25) is 0 Å². The summed E-state index contributed by atoms with van der Waals surface area (Å²) in [6.07, 6.45) is -0.995. The van der Waals surface area contributed by atoms with Crippen LogP contribution in [0.1, 0.15) is 48.5 Å². The fourth-order valence-corrected chi connectivity index (χ4v) is 6.53. The number of phosphoric ester groups is 1. The lowest BCUT2D eigenvalue weighted by Gasteiger charge is -2.34. The molecule has 0 radical (unpaired) electrons. The number of hydrogen-bond donors (Lipinski definition) is 3. The normalized spacial score (nSPS) is 23.5. The number of anilines is 2. The van der Waals surface area contributed by atoms with Gasteiger partial charge in [0.2, 0.25) is 0 Å². The number of carbonyl (C=O) groups excluding carboxylic acids is 2. The van der Waals surface area contributed by atoms with Gasteiger partial charge >= 0.3 is 7.82 Å². The predicted octanol–water partition coefficient (Wildman–Crippen LogP) is 3.10. The Labute approximate surface area is 250 Å². The minimum atomic E-state index is -4.23. The van der Waals surface area contributed by atoms with Crippen LogP contribution in [0.5, 0.6) is 0 Å². The minimum Gasteiger partial charge on any atom is -0.394 e. The first-order valence-corrected chi connectivity index (χ1v) is 16.4. The van der Waals surface area contributed by atoms with Crippen molar-refractivity contribution in [2.75, 3.05) is 49.0 Å². The zero-order valence-corrected chi connectivity index (χ0v) is 27.4. The van der Waals surface area contributed by atoms with E-state index in [-0.39, 0.29) is 46.5 Å². The van der Waals surface area contributed by atoms with E-state index in [1.807, 2.05) is 0 Å². The number of nitrogens with zero attached hydrogens (tertiary/aromatic N) is 3. The van der Waals surface area contributed by atoms with Gasteiger partial charge < -0.3 is 25.6 Å². The maximum Gasteiger partial charge on any atom is 0.474 e. The number of rotatable bonds is 13. The molecule has 0 saturated carbocycles. The second kappa shape index (κ2) is 14.5. The molecule has 4 N–H and O–H groups in total. The Morgan fingerprint density at radius 1 is 1.10 bits per heavy atom. The van der Waals surface area contributed by atoms with Gasteiger partial charge in [-0.2, -0.15) is 0 Å². The molecule has 234 valence electrons. The van der Waals surface area contributed by atoms with Crippen molar-refractivity contribution in [1.82, 2.24) is 9.97 Å². The lowest BCUT2D eigenvalue weighted by atomic mass is 9.96. The summed E-state index contributed by atoms with van der Waals surface area (Å²) >= 11 is 2.07. The van der Waals surface area contributed by atoms with Gasteiger partial charge in [-0.15, -0.1) is 0 Å². The van der Waals surface area contributed by atoms with Crippen molar-refractivity contribution in [3.8, 4) is 0 Å². The van der Waals surface area contributed by atoms with Gasteiger partial charge in [-0.1, -0.05) is 65.1 Å². The number of ether oxygens (including phenoxy) is 1. The van der Waals surface area contributed by atoms with Crippen LogP contribution in [0.4, 0.5) is 11.5 Å². The molecule has 2 heterocycles. The van der Waals surface area contributed by atoms with Gasteiger partial charge in [-0.3, -0.25) is 23.2 Å². The van der Waals surface area contributed by atoms with Crippen LogP contribution < -0.4 is 10.6 Å². The van der Waals surface area contributed by atoms with E-state index in [1.54, 1.807) is 48.6 Å². The first-order valence-electron chi connectivity index (χ1n) is 13.0. The number of aromatic nitrogens is 2. The highest BCUT2D eigenvalue weighted by molar-refractivity contribution is 8.14. The fourth-order valence-electron chi connectivity index (χ4n) is 3.53. The largest absolute Gasteiger partial charge is 0.474 e. The Hall–Kier alpha value is -1.29. The Balaban J connectivity index is 2.07. The van der Waals surface area contributed by atoms with E-state index >= 15 is 0 Å². The quantitative estimate of drug-likeness (QED) is 0.211. The molecule has 1 saturated heterocycles. The maximum atomic E-state index is 13.5. The Bertz CT molecular complexity index is 1060. The molecule has 41 heavy (non-hydrogen) atoms.